The average molecular weight is 252 g/mol. The summed E-state index contributed by atoms with van der Waals surface area (Å²) in [4.78, 5) is 2.29. The fourth-order valence-corrected chi connectivity index (χ4v) is 2.61. The number of nitrogens with two attached hydrogens (primary N) is 1. The minimum absolute atomic E-state index is 0.0324. The summed E-state index contributed by atoms with van der Waals surface area (Å²) in [6.45, 7) is 6.02. The second kappa shape index (κ2) is 5.24. The third-order valence-corrected chi connectivity index (χ3v) is 3.99. The quantitative estimate of drug-likeness (QED) is 0.849. The lowest BCUT2D eigenvalue weighted by Crippen LogP contribution is -2.46. The number of hydrogen-bond acceptors (Lipinski definition) is 3. The van der Waals surface area contributed by atoms with Gasteiger partial charge >= 0.3 is 0 Å². The van der Waals surface area contributed by atoms with Crippen molar-refractivity contribution in [2.24, 2.45) is 11.7 Å². The van der Waals surface area contributed by atoms with Gasteiger partial charge in [0.2, 0.25) is 0 Å². The third kappa shape index (κ3) is 2.65. The molecule has 3 atom stereocenters. The molecule has 1 heterocycles. The van der Waals surface area contributed by atoms with Gasteiger partial charge in [-0.2, -0.15) is 0 Å². The zero-order valence-corrected chi connectivity index (χ0v) is 10.9. The van der Waals surface area contributed by atoms with Crippen LogP contribution in [0.5, 0.6) is 5.75 Å². The van der Waals surface area contributed by atoms with Crippen LogP contribution in [0.15, 0.2) is 18.2 Å². The van der Waals surface area contributed by atoms with Crippen LogP contribution in [-0.2, 0) is 0 Å². The first-order valence-corrected chi connectivity index (χ1v) is 6.47. The van der Waals surface area contributed by atoms with Gasteiger partial charge in [-0.05, 0) is 25.3 Å². The first-order chi connectivity index (χ1) is 8.49. The van der Waals surface area contributed by atoms with E-state index in [1.165, 1.54) is 12.1 Å². The Kier molecular flexibility index (Phi) is 3.88. The van der Waals surface area contributed by atoms with Gasteiger partial charge in [0.25, 0.3) is 0 Å². The Bertz CT molecular complexity index is 424. The normalized spacial score (nSPS) is 27.1. The fraction of sp³-hybridized carbons (Fsp3) is 0.571. The lowest BCUT2D eigenvalue weighted by Gasteiger charge is -2.39. The van der Waals surface area contributed by atoms with E-state index in [4.69, 9.17) is 5.73 Å². The molecule has 0 aromatic heterocycles. The number of phenolic OH excluding ortho intramolecular Hbond substituents is 1. The van der Waals surface area contributed by atoms with E-state index in [9.17, 15) is 9.50 Å². The van der Waals surface area contributed by atoms with E-state index in [1.807, 2.05) is 6.92 Å². The predicted octanol–water partition coefficient (Wildman–Crippen LogP) is 2.26. The summed E-state index contributed by atoms with van der Waals surface area (Å²) < 4.78 is 13.0. The molecular formula is C14H21FN2O. The fourth-order valence-electron chi connectivity index (χ4n) is 2.61. The maximum atomic E-state index is 13.0. The largest absolute Gasteiger partial charge is 0.508 e. The Balaban J connectivity index is 2.13. The molecule has 4 heteroatoms. The molecule has 1 aromatic carbocycles. The third-order valence-electron chi connectivity index (χ3n) is 3.99. The number of nitrogens with zero attached hydrogens (tertiary/aromatic N) is 1. The molecule has 100 valence electrons. The van der Waals surface area contributed by atoms with Gasteiger partial charge in [0.05, 0.1) is 0 Å². The van der Waals surface area contributed by atoms with Crippen LogP contribution in [0, 0.1) is 11.7 Å². The molecule has 1 aliphatic heterocycles. The van der Waals surface area contributed by atoms with Gasteiger partial charge in [-0.3, -0.25) is 4.90 Å². The number of aromatic hydroxyl groups is 1. The van der Waals surface area contributed by atoms with Crippen molar-refractivity contribution < 1.29 is 9.50 Å². The molecular weight excluding hydrogens is 231 g/mol. The van der Waals surface area contributed by atoms with Crippen LogP contribution in [-0.4, -0.2) is 29.1 Å². The lowest BCUT2D eigenvalue weighted by atomic mass is 9.92. The van der Waals surface area contributed by atoms with Crippen molar-refractivity contribution in [3.8, 4) is 5.75 Å². The number of benzene rings is 1. The SMILES string of the molecule is CC1CN(C(C)c2ccc(F)cc2O)CCC1N. The number of halogens is 1. The van der Waals surface area contributed by atoms with Crippen molar-refractivity contribution in [3.63, 3.8) is 0 Å². The van der Waals surface area contributed by atoms with Gasteiger partial charge in [0, 0.05) is 36.8 Å². The molecule has 3 nitrogen and oxygen atoms in total. The molecule has 1 aromatic rings. The second-order valence-corrected chi connectivity index (χ2v) is 5.30. The van der Waals surface area contributed by atoms with Crippen LogP contribution in [0.25, 0.3) is 0 Å². The Morgan fingerprint density at radius 2 is 2.22 bits per heavy atom. The van der Waals surface area contributed by atoms with Crippen molar-refractivity contribution in [1.29, 1.82) is 0 Å². The molecule has 0 bridgehead atoms. The van der Waals surface area contributed by atoms with Gasteiger partial charge in [0.1, 0.15) is 11.6 Å². The average Bonchev–Trinajstić information content (AvgIpc) is 2.32. The van der Waals surface area contributed by atoms with Crippen molar-refractivity contribution in [2.45, 2.75) is 32.4 Å². The van der Waals surface area contributed by atoms with Crippen LogP contribution in [0.2, 0.25) is 0 Å². The first-order valence-electron chi connectivity index (χ1n) is 6.47. The molecule has 1 fully saturated rings. The molecule has 0 spiro atoms. The highest BCUT2D eigenvalue weighted by atomic mass is 19.1. The number of likely N-dealkylation sites (tertiary alicyclic amines) is 1. The van der Waals surface area contributed by atoms with E-state index in [0.717, 1.165) is 25.1 Å². The predicted molar refractivity (Wildman–Crippen MR) is 69.8 cm³/mol. The summed E-state index contributed by atoms with van der Waals surface area (Å²) in [5, 5.41) is 9.82. The number of phenols is 1. The summed E-state index contributed by atoms with van der Waals surface area (Å²) in [5.41, 5.74) is 6.78. The van der Waals surface area contributed by atoms with Gasteiger partial charge < -0.3 is 10.8 Å². The summed E-state index contributed by atoms with van der Waals surface area (Å²) in [6.07, 6.45) is 0.966. The van der Waals surface area contributed by atoms with Crippen LogP contribution in [0.1, 0.15) is 31.9 Å². The van der Waals surface area contributed by atoms with Crippen LogP contribution in [0.3, 0.4) is 0 Å². The standard InChI is InChI=1S/C14H21FN2O/c1-9-8-17(6-5-13(9)16)10(2)12-4-3-11(15)7-14(12)18/h3-4,7,9-10,13,18H,5-6,8,16H2,1-2H3. The van der Waals surface area contributed by atoms with Crippen LogP contribution < -0.4 is 5.73 Å². The van der Waals surface area contributed by atoms with Gasteiger partial charge in [-0.1, -0.05) is 13.0 Å². The molecule has 0 saturated carbocycles. The maximum absolute atomic E-state index is 13.0. The van der Waals surface area contributed by atoms with Crippen LogP contribution >= 0.6 is 0 Å². The summed E-state index contributed by atoms with van der Waals surface area (Å²) in [7, 11) is 0. The van der Waals surface area contributed by atoms with Crippen LogP contribution in [0.4, 0.5) is 4.39 Å². The molecule has 3 unspecified atom stereocenters. The minimum atomic E-state index is -0.405. The second-order valence-electron chi connectivity index (χ2n) is 5.30. The summed E-state index contributed by atoms with van der Waals surface area (Å²) in [6, 6.07) is 4.57. The van der Waals surface area contributed by atoms with E-state index in [2.05, 4.69) is 11.8 Å². The highest BCUT2D eigenvalue weighted by Gasteiger charge is 2.27. The molecule has 1 saturated heterocycles. The Hall–Kier alpha value is -1.13. The van der Waals surface area contributed by atoms with E-state index in [0.29, 0.717) is 5.92 Å². The van der Waals surface area contributed by atoms with Gasteiger partial charge in [-0.15, -0.1) is 0 Å². The van der Waals surface area contributed by atoms with Crippen molar-refractivity contribution in [2.75, 3.05) is 13.1 Å². The molecule has 0 amide bonds. The molecule has 0 radical (unpaired) electrons. The van der Waals surface area contributed by atoms with E-state index in [1.54, 1.807) is 6.07 Å². The topological polar surface area (TPSA) is 49.5 Å². The molecule has 3 N–H and O–H groups in total. The number of piperidine rings is 1. The lowest BCUT2D eigenvalue weighted by molar-refractivity contribution is 0.122. The molecule has 1 aliphatic rings. The molecule has 0 aliphatic carbocycles. The maximum Gasteiger partial charge on any atom is 0.126 e. The van der Waals surface area contributed by atoms with Crippen molar-refractivity contribution in [1.82, 2.24) is 4.90 Å². The van der Waals surface area contributed by atoms with Gasteiger partial charge in [-0.25, -0.2) is 4.39 Å². The van der Waals surface area contributed by atoms with E-state index >= 15 is 0 Å². The van der Waals surface area contributed by atoms with Gasteiger partial charge in [0.15, 0.2) is 0 Å². The molecule has 2 rings (SSSR count). The highest BCUT2D eigenvalue weighted by molar-refractivity contribution is 5.35. The Morgan fingerprint density at radius 3 is 2.83 bits per heavy atom. The van der Waals surface area contributed by atoms with E-state index < -0.39 is 5.82 Å². The summed E-state index contributed by atoms with van der Waals surface area (Å²) in [5.74, 6) is 0.0753. The van der Waals surface area contributed by atoms with Crippen molar-refractivity contribution >= 4 is 0 Å². The monoisotopic (exact) mass is 252 g/mol. The zero-order chi connectivity index (χ0) is 13.3. The molecule has 18 heavy (non-hydrogen) atoms. The zero-order valence-electron chi connectivity index (χ0n) is 10.9. The summed E-state index contributed by atoms with van der Waals surface area (Å²) >= 11 is 0. The Morgan fingerprint density at radius 1 is 1.50 bits per heavy atom. The number of rotatable bonds is 2. The highest BCUT2D eigenvalue weighted by Crippen LogP contribution is 2.31. The first kappa shape index (κ1) is 13.3. The van der Waals surface area contributed by atoms with E-state index in [-0.39, 0.29) is 17.8 Å². The minimum Gasteiger partial charge on any atom is -0.508 e. The number of hydrogen-bond donors (Lipinski definition) is 2. The van der Waals surface area contributed by atoms with Crippen molar-refractivity contribution in [3.05, 3.63) is 29.6 Å². The Labute approximate surface area is 107 Å². The smallest absolute Gasteiger partial charge is 0.126 e.